The first-order valence-electron chi connectivity index (χ1n) is 4.57. The molecule has 0 radical (unpaired) electrons. The van der Waals surface area contributed by atoms with Crippen molar-refractivity contribution in [2.75, 3.05) is 6.26 Å². The fraction of sp³-hybridized carbons (Fsp3) is 0.182. The summed E-state index contributed by atoms with van der Waals surface area (Å²) in [5, 5.41) is 0.780. The topological polar surface area (TPSA) is 17.8 Å². The average molecular weight is 239 g/mol. The number of hydrogen-bond donors (Lipinski definition) is 0. The zero-order valence-electron chi connectivity index (χ0n) is 8.35. The molecule has 2 aromatic rings. The number of halogens is 1. The van der Waals surface area contributed by atoms with Gasteiger partial charge in [0.15, 0.2) is 0 Å². The standard InChI is InChI=1S/C11H11ClN2S/c1-15-7-9-6-10(12)2-3-11(9)14-5-4-13-8-14/h2-6,8H,7H2,1H3. The lowest BCUT2D eigenvalue weighted by molar-refractivity contribution is 1.04. The van der Waals surface area contributed by atoms with Crippen LogP contribution in [0.4, 0.5) is 0 Å². The minimum absolute atomic E-state index is 0.780. The molecule has 0 atom stereocenters. The molecule has 15 heavy (non-hydrogen) atoms. The van der Waals surface area contributed by atoms with Gasteiger partial charge in [-0.3, -0.25) is 0 Å². The van der Waals surface area contributed by atoms with E-state index < -0.39 is 0 Å². The van der Waals surface area contributed by atoms with E-state index in [1.165, 1.54) is 5.56 Å². The average Bonchev–Trinajstić information content (AvgIpc) is 2.71. The van der Waals surface area contributed by atoms with Gasteiger partial charge in [0.05, 0.1) is 12.0 Å². The molecule has 0 bridgehead atoms. The van der Waals surface area contributed by atoms with Crippen molar-refractivity contribution in [1.29, 1.82) is 0 Å². The lowest BCUT2D eigenvalue weighted by Crippen LogP contribution is -1.96. The maximum Gasteiger partial charge on any atom is 0.0991 e. The van der Waals surface area contributed by atoms with E-state index in [4.69, 9.17) is 11.6 Å². The lowest BCUT2D eigenvalue weighted by atomic mass is 10.2. The molecule has 0 N–H and O–H groups in total. The number of rotatable bonds is 3. The van der Waals surface area contributed by atoms with Crippen LogP contribution < -0.4 is 0 Å². The molecule has 1 aromatic heterocycles. The third-order valence-corrected chi connectivity index (χ3v) is 2.96. The predicted molar refractivity (Wildman–Crippen MR) is 65.8 cm³/mol. The van der Waals surface area contributed by atoms with Gasteiger partial charge in [-0.05, 0) is 30.0 Å². The summed E-state index contributed by atoms with van der Waals surface area (Å²) >= 11 is 7.76. The smallest absolute Gasteiger partial charge is 0.0991 e. The van der Waals surface area contributed by atoms with Crippen molar-refractivity contribution in [1.82, 2.24) is 9.55 Å². The molecule has 2 nitrogen and oxygen atoms in total. The van der Waals surface area contributed by atoms with Gasteiger partial charge in [0.1, 0.15) is 0 Å². The van der Waals surface area contributed by atoms with Gasteiger partial charge in [-0.1, -0.05) is 11.6 Å². The van der Waals surface area contributed by atoms with Crippen LogP contribution in [0.2, 0.25) is 5.02 Å². The second-order valence-corrected chi connectivity index (χ2v) is 4.48. The van der Waals surface area contributed by atoms with E-state index in [0.29, 0.717) is 0 Å². The van der Waals surface area contributed by atoms with Crippen molar-refractivity contribution in [2.45, 2.75) is 5.75 Å². The summed E-state index contributed by atoms with van der Waals surface area (Å²) < 4.78 is 2.00. The Morgan fingerprint density at radius 2 is 2.33 bits per heavy atom. The van der Waals surface area contributed by atoms with Gasteiger partial charge in [-0.2, -0.15) is 11.8 Å². The Bertz CT molecular complexity index is 440. The van der Waals surface area contributed by atoms with Crippen molar-refractivity contribution < 1.29 is 0 Å². The summed E-state index contributed by atoms with van der Waals surface area (Å²) in [6.07, 6.45) is 7.59. The number of aromatic nitrogens is 2. The van der Waals surface area contributed by atoms with E-state index >= 15 is 0 Å². The van der Waals surface area contributed by atoms with Crippen molar-refractivity contribution in [3.05, 3.63) is 47.5 Å². The number of hydrogen-bond acceptors (Lipinski definition) is 2. The van der Waals surface area contributed by atoms with Crippen LogP contribution in [0.1, 0.15) is 5.56 Å². The van der Waals surface area contributed by atoms with E-state index in [-0.39, 0.29) is 0 Å². The van der Waals surface area contributed by atoms with Crippen LogP contribution in [-0.2, 0) is 5.75 Å². The lowest BCUT2D eigenvalue weighted by Gasteiger charge is -2.09. The molecule has 0 spiro atoms. The number of nitrogens with zero attached hydrogens (tertiary/aromatic N) is 2. The highest BCUT2D eigenvalue weighted by Gasteiger charge is 2.04. The quantitative estimate of drug-likeness (QED) is 0.816. The normalized spacial score (nSPS) is 10.5. The van der Waals surface area contributed by atoms with Crippen LogP contribution in [0.3, 0.4) is 0 Å². The zero-order valence-corrected chi connectivity index (χ0v) is 9.92. The third-order valence-electron chi connectivity index (χ3n) is 2.12. The Balaban J connectivity index is 2.46. The van der Waals surface area contributed by atoms with Gasteiger partial charge in [0.2, 0.25) is 0 Å². The van der Waals surface area contributed by atoms with Crippen molar-refractivity contribution in [3.8, 4) is 5.69 Å². The number of imidazole rings is 1. The summed E-state index contributed by atoms with van der Waals surface area (Å²) in [5.74, 6) is 0.952. The second kappa shape index (κ2) is 4.73. The van der Waals surface area contributed by atoms with Crippen molar-refractivity contribution >= 4 is 23.4 Å². The molecule has 0 aliphatic rings. The van der Waals surface area contributed by atoms with Crippen molar-refractivity contribution in [2.24, 2.45) is 0 Å². The Hall–Kier alpha value is -0.930. The van der Waals surface area contributed by atoms with Crippen LogP contribution >= 0.6 is 23.4 Å². The van der Waals surface area contributed by atoms with Gasteiger partial charge in [0, 0.05) is 23.2 Å². The highest BCUT2D eigenvalue weighted by molar-refractivity contribution is 7.97. The first kappa shape index (κ1) is 10.6. The zero-order chi connectivity index (χ0) is 10.7. The minimum Gasteiger partial charge on any atom is -0.306 e. The van der Waals surface area contributed by atoms with E-state index in [0.717, 1.165) is 16.5 Å². The molecule has 0 amide bonds. The van der Waals surface area contributed by atoms with Gasteiger partial charge in [-0.25, -0.2) is 4.98 Å². The maximum absolute atomic E-state index is 5.98. The molecule has 0 fully saturated rings. The fourth-order valence-corrected chi connectivity index (χ4v) is 2.22. The van der Waals surface area contributed by atoms with Gasteiger partial charge < -0.3 is 4.57 Å². The minimum atomic E-state index is 0.780. The molecule has 0 saturated heterocycles. The summed E-state index contributed by atoms with van der Waals surface area (Å²) in [6, 6.07) is 5.93. The van der Waals surface area contributed by atoms with Gasteiger partial charge >= 0.3 is 0 Å². The Morgan fingerprint density at radius 3 is 3.00 bits per heavy atom. The van der Waals surface area contributed by atoms with E-state index in [1.54, 1.807) is 24.3 Å². The Morgan fingerprint density at radius 1 is 1.47 bits per heavy atom. The summed E-state index contributed by atoms with van der Waals surface area (Å²) in [7, 11) is 0. The predicted octanol–water partition coefficient (Wildman–Crippen LogP) is 3.39. The number of thioether (sulfide) groups is 1. The van der Waals surface area contributed by atoms with Gasteiger partial charge in [-0.15, -0.1) is 0 Å². The van der Waals surface area contributed by atoms with Crippen LogP contribution in [0.25, 0.3) is 5.69 Å². The van der Waals surface area contributed by atoms with Crippen LogP contribution in [-0.4, -0.2) is 15.8 Å². The molecule has 0 saturated carbocycles. The molecular weight excluding hydrogens is 228 g/mol. The Kier molecular flexibility index (Phi) is 3.34. The first-order chi connectivity index (χ1) is 7.31. The molecule has 78 valence electrons. The summed E-state index contributed by atoms with van der Waals surface area (Å²) in [5.41, 5.74) is 2.37. The van der Waals surface area contributed by atoms with Crippen LogP contribution in [0.15, 0.2) is 36.9 Å². The van der Waals surface area contributed by atoms with Crippen molar-refractivity contribution in [3.63, 3.8) is 0 Å². The molecule has 0 aliphatic heterocycles. The van der Waals surface area contributed by atoms with E-state index in [2.05, 4.69) is 11.2 Å². The summed E-state index contributed by atoms with van der Waals surface area (Å²) in [4.78, 5) is 4.05. The van der Waals surface area contributed by atoms with E-state index in [1.807, 2.05) is 29.0 Å². The molecule has 1 heterocycles. The van der Waals surface area contributed by atoms with E-state index in [9.17, 15) is 0 Å². The first-order valence-corrected chi connectivity index (χ1v) is 6.34. The maximum atomic E-state index is 5.98. The Labute approximate surface area is 98.3 Å². The number of benzene rings is 1. The molecule has 0 aliphatic carbocycles. The highest BCUT2D eigenvalue weighted by Crippen LogP contribution is 2.22. The third kappa shape index (κ3) is 2.36. The largest absolute Gasteiger partial charge is 0.306 e. The highest BCUT2D eigenvalue weighted by atomic mass is 35.5. The second-order valence-electron chi connectivity index (χ2n) is 3.18. The molecule has 0 unspecified atom stereocenters. The summed E-state index contributed by atoms with van der Waals surface area (Å²) in [6.45, 7) is 0. The SMILES string of the molecule is CSCc1cc(Cl)ccc1-n1ccnc1. The van der Waals surface area contributed by atoms with Crippen LogP contribution in [0.5, 0.6) is 0 Å². The molecule has 1 aromatic carbocycles. The van der Waals surface area contributed by atoms with Gasteiger partial charge in [0.25, 0.3) is 0 Å². The van der Waals surface area contributed by atoms with Crippen LogP contribution in [0, 0.1) is 0 Å². The fourth-order valence-electron chi connectivity index (χ4n) is 1.48. The molecular formula is C11H11ClN2S. The molecule has 2 rings (SSSR count). The molecule has 4 heteroatoms. The monoisotopic (exact) mass is 238 g/mol.